The van der Waals surface area contributed by atoms with Crippen LogP contribution in [0.1, 0.15) is 103 Å². The van der Waals surface area contributed by atoms with Crippen molar-refractivity contribution in [2.45, 2.75) is 104 Å². The molecular weight excluding hydrogens is 600 g/mol. The molecule has 0 aliphatic carbocycles. The van der Waals surface area contributed by atoms with Crippen LogP contribution in [0.2, 0.25) is 0 Å². The van der Waals surface area contributed by atoms with Crippen molar-refractivity contribution in [3.05, 3.63) is 58.3 Å². The lowest BCUT2D eigenvalue weighted by atomic mass is 10.0. The molecule has 256 valence electrons. The molecule has 0 saturated heterocycles. The Bertz CT molecular complexity index is 1520. The van der Waals surface area contributed by atoms with E-state index in [2.05, 4.69) is 32.7 Å². The Kier molecular flexibility index (Phi) is 15.1. The minimum Gasteiger partial charge on any atom is -0.748 e. The first-order chi connectivity index (χ1) is 22.0. The van der Waals surface area contributed by atoms with E-state index in [1.807, 2.05) is 36.4 Å². The molecule has 8 nitrogen and oxygen atoms in total. The van der Waals surface area contributed by atoms with Crippen molar-refractivity contribution < 1.29 is 27.0 Å². The first-order valence-electron chi connectivity index (χ1n) is 17.4. The monoisotopic (exact) mass is 656 g/mol. The molecule has 9 heteroatoms. The fourth-order valence-electron chi connectivity index (χ4n) is 6.40. The van der Waals surface area contributed by atoms with Crippen LogP contribution >= 0.6 is 0 Å². The molecule has 3 aromatic rings. The topological polar surface area (TPSA) is 111 Å². The third-order valence-corrected chi connectivity index (χ3v) is 9.94. The maximum absolute atomic E-state index is 13.4. The molecule has 1 aromatic heterocycles. The molecule has 1 atom stereocenters. The van der Waals surface area contributed by atoms with Gasteiger partial charge in [0.1, 0.15) is 12.1 Å². The lowest BCUT2D eigenvalue weighted by Crippen LogP contribution is -2.45. The average Bonchev–Trinajstić information content (AvgIpc) is 3.03. The molecular formula is C37H56N2O6S. The largest absolute Gasteiger partial charge is 0.748 e. The summed E-state index contributed by atoms with van der Waals surface area (Å²) in [6.45, 7) is 10.5. The van der Waals surface area contributed by atoms with E-state index in [0.29, 0.717) is 40.4 Å². The first-order valence-corrected chi connectivity index (χ1v) is 19.0. The van der Waals surface area contributed by atoms with Gasteiger partial charge >= 0.3 is 0 Å². The van der Waals surface area contributed by atoms with Crippen molar-refractivity contribution in [2.75, 3.05) is 43.9 Å². The highest BCUT2D eigenvalue weighted by Gasteiger charge is 2.23. The zero-order valence-electron chi connectivity index (χ0n) is 28.6. The van der Waals surface area contributed by atoms with E-state index in [0.717, 1.165) is 50.3 Å². The summed E-state index contributed by atoms with van der Waals surface area (Å²) in [5.41, 5.74) is 2.60. The predicted molar refractivity (Wildman–Crippen MR) is 188 cm³/mol. The van der Waals surface area contributed by atoms with Gasteiger partial charge in [0.05, 0.1) is 35.6 Å². The Morgan fingerprint density at radius 1 is 0.804 bits per heavy atom. The van der Waals surface area contributed by atoms with Crippen molar-refractivity contribution in [3.8, 4) is 17.1 Å². The van der Waals surface area contributed by atoms with Crippen LogP contribution in [0.3, 0.4) is 0 Å². The quantitative estimate of drug-likeness (QED) is 0.0659. The third-order valence-electron chi connectivity index (χ3n) is 9.15. The van der Waals surface area contributed by atoms with Crippen LogP contribution in [0.15, 0.2) is 51.7 Å². The highest BCUT2D eigenvalue weighted by atomic mass is 32.2. The summed E-state index contributed by atoms with van der Waals surface area (Å²) in [7, 11) is -2.07. The van der Waals surface area contributed by atoms with Crippen LogP contribution in [0, 0.1) is 0 Å². The summed E-state index contributed by atoms with van der Waals surface area (Å²) >= 11 is 0. The zero-order valence-corrected chi connectivity index (χ0v) is 29.4. The highest BCUT2D eigenvalue weighted by molar-refractivity contribution is 7.85. The second kappa shape index (κ2) is 18.5. The molecule has 3 rings (SSSR count). The maximum Gasteiger partial charge on any atom is 0.235 e. The van der Waals surface area contributed by atoms with Gasteiger partial charge < -0.3 is 23.5 Å². The number of quaternary nitrogens is 1. The summed E-state index contributed by atoms with van der Waals surface area (Å²) in [6, 6.07) is 13.2. The maximum atomic E-state index is 13.4. The molecule has 1 N–H and O–H groups in total. The molecule has 2 aromatic carbocycles. The number of fused-ring (bicyclic) bond motifs is 1. The lowest BCUT2D eigenvalue weighted by molar-refractivity contribution is -0.923. The third kappa shape index (κ3) is 11.7. The molecule has 0 bridgehead atoms. The minimum absolute atomic E-state index is 0.159. The van der Waals surface area contributed by atoms with Gasteiger partial charge in [0, 0.05) is 35.7 Å². The standard InChI is InChI=1S/C37H56N2O6S/c1-5-8-9-10-11-12-13-14-15-16-25-39(4,26-17-18-27-46(42,43)44)29-30-19-24-34-33(28-30)35(40)36(41)37(45-34)31-20-22-32(23-21-31)38(6-2)7-3/h19-24,28H,5-18,25-27,29H2,1-4H3,(H-,41,42,43,44). The SMILES string of the molecule is CCCCCCCCCCCC[N+](C)(CCCCS(=O)(=O)[O-])Cc1ccc2oc(-c3ccc(N(CC)CC)cc3)c(O)c(=O)c2c1. The van der Waals surface area contributed by atoms with Crippen LogP contribution in [0.25, 0.3) is 22.3 Å². The molecule has 1 heterocycles. The molecule has 0 radical (unpaired) electrons. The number of rotatable bonds is 22. The zero-order chi connectivity index (χ0) is 33.6. The minimum atomic E-state index is -4.23. The van der Waals surface area contributed by atoms with Gasteiger partial charge in [0.15, 0.2) is 5.76 Å². The van der Waals surface area contributed by atoms with Gasteiger partial charge in [-0.3, -0.25) is 4.79 Å². The molecule has 46 heavy (non-hydrogen) atoms. The van der Waals surface area contributed by atoms with Crippen LogP contribution < -0.4 is 10.3 Å². The number of hydrogen-bond donors (Lipinski definition) is 1. The molecule has 0 amide bonds. The summed E-state index contributed by atoms with van der Waals surface area (Å²) in [5.74, 6) is -0.588. The van der Waals surface area contributed by atoms with E-state index in [-0.39, 0.29) is 11.5 Å². The molecule has 0 aliphatic heterocycles. The average molecular weight is 657 g/mol. The van der Waals surface area contributed by atoms with Crippen molar-refractivity contribution in [1.29, 1.82) is 0 Å². The number of nitrogens with zero attached hydrogens (tertiary/aromatic N) is 2. The summed E-state index contributed by atoms with van der Waals surface area (Å²) in [5, 5.41) is 11.3. The summed E-state index contributed by atoms with van der Waals surface area (Å²) < 4.78 is 40.3. The van der Waals surface area contributed by atoms with Gasteiger partial charge in [0.25, 0.3) is 0 Å². The molecule has 0 spiro atoms. The Morgan fingerprint density at radius 3 is 1.93 bits per heavy atom. The lowest BCUT2D eigenvalue weighted by Gasteiger charge is -2.35. The van der Waals surface area contributed by atoms with E-state index >= 15 is 0 Å². The summed E-state index contributed by atoms with van der Waals surface area (Å²) in [6.07, 6.45) is 13.5. The van der Waals surface area contributed by atoms with Gasteiger partial charge in [-0.1, -0.05) is 58.3 Å². The van der Waals surface area contributed by atoms with Crippen LogP contribution in [0.5, 0.6) is 5.75 Å². The number of benzene rings is 2. The molecule has 0 aliphatic rings. The summed E-state index contributed by atoms with van der Waals surface area (Å²) in [4.78, 5) is 15.6. The predicted octanol–water partition coefficient (Wildman–Crippen LogP) is 8.20. The number of hydrogen-bond acceptors (Lipinski definition) is 7. The second-order valence-corrected chi connectivity index (χ2v) is 14.6. The van der Waals surface area contributed by atoms with Gasteiger partial charge in [-0.25, -0.2) is 8.42 Å². The van der Waals surface area contributed by atoms with Crippen LogP contribution in [-0.4, -0.2) is 61.5 Å². The van der Waals surface area contributed by atoms with Crippen LogP contribution in [0.4, 0.5) is 5.69 Å². The van der Waals surface area contributed by atoms with E-state index in [1.54, 1.807) is 6.07 Å². The Morgan fingerprint density at radius 2 is 1.37 bits per heavy atom. The van der Waals surface area contributed by atoms with Crippen molar-refractivity contribution in [1.82, 2.24) is 0 Å². The number of aromatic hydroxyl groups is 1. The van der Waals surface area contributed by atoms with Crippen LogP contribution in [-0.2, 0) is 16.7 Å². The smallest absolute Gasteiger partial charge is 0.235 e. The highest BCUT2D eigenvalue weighted by Crippen LogP contribution is 2.32. The van der Waals surface area contributed by atoms with E-state index in [9.17, 15) is 22.9 Å². The fourth-order valence-corrected chi connectivity index (χ4v) is 6.96. The van der Waals surface area contributed by atoms with Gasteiger partial charge in [-0.2, -0.15) is 0 Å². The molecule has 0 saturated carbocycles. The Balaban J connectivity index is 1.72. The van der Waals surface area contributed by atoms with E-state index < -0.39 is 21.3 Å². The van der Waals surface area contributed by atoms with Gasteiger partial charge in [-0.15, -0.1) is 0 Å². The van der Waals surface area contributed by atoms with Crippen molar-refractivity contribution >= 4 is 26.8 Å². The van der Waals surface area contributed by atoms with Crippen molar-refractivity contribution in [2.24, 2.45) is 0 Å². The Labute approximate surface area is 276 Å². The normalized spacial score (nSPS) is 13.2. The molecule has 1 unspecified atom stereocenters. The number of unbranched alkanes of at least 4 members (excludes halogenated alkanes) is 10. The fraction of sp³-hybridized carbons (Fsp3) is 0.595. The number of anilines is 1. The van der Waals surface area contributed by atoms with Gasteiger partial charge in [0.2, 0.25) is 11.2 Å². The first kappa shape index (κ1) is 37.6. The van der Waals surface area contributed by atoms with Crippen molar-refractivity contribution in [3.63, 3.8) is 0 Å². The van der Waals surface area contributed by atoms with Gasteiger partial charge in [-0.05, 0) is 82.0 Å². The van der Waals surface area contributed by atoms with E-state index in [1.165, 1.54) is 51.4 Å². The Hall–Kier alpha value is -2.88. The van der Waals surface area contributed by atoms with E-state index in [4.69, 9.17) is 4.42 Å². The molecule has 0 fully saturated rings. The second-order valence-electron chi connectivity index (χ2n) is 13.0.